The summed E-state index contributed by atoms with van der Waals surface area (Å²) in [5.74, 6) is 0.0201. The third-order valence-corrected chi connectivity index (χ3v) is 5.44. The molecule has 1 unspecified atom stereocenters. The van der Waals surface area contributed by atoms with Crippen LogP contribution in [0.1, 0.15) is 46.8 Å². The second-order valence-electron chi connectivity index (χ2n) is 7.27. The summed E-state index contributed by atoms with van der Waals surface area (Å²) in [5.41, 5.74) is 5.22. The molecule has 0 radical (unpaired) electrons. The molecule has 0 saturated heterocycles. The average molecular weight is 351 g/mol. The van der Waals surface area contributed by atoms with E-state index in [4.69, 9.17) is 0 Å². The highest BCUT2D eigenvalue weighted by Crippen LogP contribution is 2.27. The number of nitrogens with zero attached hydrogens (tertiary/aromatic N) is 1. The molecule has 0 heterocycles. The van der Waals surface area contributed by atoms with Crippen molar-refractivity contribution in [1.82, 2.24) is 10.2 Å². The van der Waals surface area contributed by atoms with Gasteiger partial charge in [-0.25, -0.2) is 0 Å². The third-order valence-electron chi connectivity index (χ3n) is 5.44. The van der Waals surface area contributed by atoms with Crippen LogP contribution in [0.25, 0.3) is 0 Å². The van der Waals surface area contributed by atoms with Gasteiger partial charge in [0.2, 0.25) is 0 Å². The van der Waals surface area contributed by atoms with Crippen LogP contribution in [0.15, 0.2) is 48.5 Å². The van der Waals surface area contributed by atoms with E-state index in [1.54, 1.807) is 5.56 Å². The van der Waals surface area contributed by atoms with E-state index in [-0.39, 0.29) is 5.91 Å². The number of carbonyl (C=O) groups is 1. The smallest absolute Gasteiger partial charge is 0.251 e. The summed E-state index contributed by atoms with van der Waals surface area (Å²) in [6, 6.07) is 16.7. The molecule has 0 aromatic heterocycles. The molecule has 0 saturated carbocycles. The summed E-state index contributed by atoms with van der Waals surface area (Å²) in [5, 5.41) is 3.07. The Morgan fingerprint density at radius 3 is 2.69 bits per heavy atom. The molecular weight excluding hydrogens is 320 g/mol. The molecule has 1 aliphatic carbocycles. The fourth-order valence-corrected chi connectivity index (χ4v) is 4.06. The molecule has 26 heavy (non-hydrogen) atoms. The van der Waals surface area contributed by atoms with Crippen molar-refractivity contribution in [2.45, 2.75) is 45.6 Å². The number of aryl methyl sites for hydroxylation is 1. The molecule has 0 aliphatic heterocycles. The van der Waals surface area contributed by atoms with Crippen LogP contribution in [-0.4, -0.2) is 36.5 Å². The maximum absolute atomic E-state index is 12.2. The van der Waals surface area contributed by atoms with E-state index < -0.39 is 0 Å². The number of nitrogens with one attached hydrogen (secondary N) is 1. The van der Waals surface area contributed by atoms with Crippen LogP contribution in [0.3, 0.4) is 0 Å². The van der Waals surface area contributed by atoms with Crippen molar-refractivity contribution in [1.29, 1.82) is 0 Å². The van der Waals surface area contributed by atoms with Crippen LogP contribution < -0.4 is 5.32 Å². The fourth-order valence-electron chi connectivity index (χ4n) is 4.06. The van der Waals surface area contributed by atoms with E-state index in [1.165, 1.54) is 24.0 Å². The highest BCUT2D eigenvalue weighted by Gasteiger charge is 2.24. The monoisotopic (exact) mass is 350 g/mol. The highest BCUT2D eigenvalue weighted by molar-refractivity contribution is 5.94. The molecule has 1 amide bonds. The highest BCUT2D eigenvalue weighted by atomic mass is 16.1. The summed E-state index contributed by atoms with van der Waals surface area (Å²) in [4.78, 5) is 14.8. The first-order chi connectivity index (χ1) is 12.7. The Hall–Kier alpha value is -2.13. The van der Waals surface area contributed by atoms with Crippen LogP contribution in [-0.2, 0) is 12.8 Å². The van der Waals surface area contributed by atoms with Crippen LogP contribution >= 0.6 is 0 Å². The molecule has 3 rings (SSSR count). The number of hydrogen-bond donors (Lipinski definition) is 1. The maximum Gasteiger partial charge on any atom is 0.251 e. The first-order valence-corrected chi connectivity index (χ1v) is 9.83. The van der Waals surface area contributed by atoms with Crippen LogP contribution in [0.4, 0.5) is 0 Å². The molecule has 3 nitrogen and oxygen atoms in total. The van der Waals surface area contributed by atoms with Crippen LogP contribution in [0, 0.1) is 6.92 Å². The van der Waals surface area contributed by atoms with E-state index in [9.17, 15) is 4.79 Å². The predicted octanol–water partition coefficient (Wildman–Crippen LogP) is 3.99. The summed E-state index contributed by atoms with van der Waals surface area (Å²) in [7, 11) is 0. The molecule has 138 valence electrons. The molecule has 2 aromatic rings. The van der Waals surface area contributed by atoms with Gasteiger partial charge >= 0.3 is 0 Å². The number of rotatable bonds is 7. The Bertz CT molecular complexity index is 726. The van der Waals surface area contributed by atoms with E-state index in [0.717, 1.165) is 31.5 Å². The van der Waals surface area contributed by atoms with Gasteiger partial charge in [-0.2, -0.15) is 0 Å². The van der Waals surface area contributed by atoms with Gasteiger partial charge in [0.15, 0.2) is 0 Å². The molecule has 0 bridgehead atoms. The molecule has 0 spiro atoms. The molecule has 0 fully saturated rings. The van der Waals surface area contributed by atoms with Crippen LogP contribution in [0.2, 0.25) is 0 Å². The SMILES string of the molecule is CCCN(CCNC(=O)c1ccccc1)C1CCc2c(C)cccc2C1. The Morgan fingerprint density at radius 2 is 1.92 bits per heavy atom. The Balaban J connectivity index is 1.57. The van der Waals surface area contributed by atoms with Gasteiger partial charge in [0.25, 0.3) is 5.91 Å². The van der Waals surface area contributed by atoms with Crippen molar-refractivity contribution in [3.63, 3.8) is 0 Å². The minimum absolute atomic E-state index is 0.0201. The van der Waals surface area contributed by atoms with E-state index in [2.05, 4.69) is 42.3 Å². The van der Waals surface area contributed by atoms with Gasteiger partial charge in [-0.15, -0.1) is 0 Å². The first-order valence-electron chi connectivity index (χ1n) is 9.83. The standard InChI is InChI=1S/C23H30N2O/c1-3-15-25(16-14-24-23(26)19-9-5-4-6-10-19)21-12-13-22-18(2)8-7-11-20(22)17-21/h4-11,21H,3,12-17H2,1-2H3,(H,24,26). The largest absolute Gasteiger partial charge is 0.351 e. The lowest BCUT2D eigenvalue weighted by atomic mass is 9.85. The van der Waals surface area contributed by atoms with Crippen LogP contribution in [0.5, 0.6) is 0 Å². The molecular formula is C23H30N2O. The van der Waals surface area contributed by atoms with E-state index in [1.807, 2.05) is 30.3 Å². The lowest BCUT2D eigenvalue weighted by Gasteiger charge is -2.35. The van der Waals surface area contributed by atoms with Crippen molar-refractivity contribution < 1.29 is 4.79 Å². The topological polar surface area (TPSA) is 32.3 Å². The zero-order chi connectivity index (χ0) is 18.4. The van der Waals surface area contributed by atoms with Gasteiger partial charge in [0.1, 0.15) is 0 Å². The van der Waals surface area contributed by atoms with Gasteiger partial charge in [-0.05, 0) is 68.0 Å². The molecule has 3 heteroatoms. The van der Waals surface area contributed by atoms with Crippen molar-refractivity contribution in [3.05, 3.63) is 70.8 Å². The molecule has 1 atom stereocenters. The molecule has 1 N–H and O–H groups in total. The zero-order valence-electron chi connectivity index (χ0n) is 16.0. The maximum atomic E-state index is 12.2. The fraction of sp³-hybridized carbons (Fsp3) is 0.435. The summed E-state index contributed by atoms with van der Waals surface area (Å²) >= 11 is 0. The van der Waals surface area contributed by atoms with Gasteiger partial charge < -0.3 is 5.32 Å². The molecule has 1 aliphatic rings. The Kier molecular flexibility index (Phi) is 6.45. The van der Waals surface area contributed by atoms with E-state index >= 15 is 0 Å². The Labute approximate surface area is 157 Å². The normalized spacial score (nSPS) is 16.3. The van der Waals surface area contributed by atoms with Crippen molar-refractivity contribution in [2.75, 3.05) is 19.6 Å². The third kappa shape index (κ3) is 4.53. The van der Waals surface area contributed by atoms with E-state index in [0.29, 0.717) is 12.6 Å². The number of carbonyl (C=O) groups excluding carboxylic acids is 1. The number of hydrogen-bond acceptors (Lipinski definition) is 2. The van der Waals surface area contributed by atoms with Crippen molar-refractivity contribution >= 4 is 5.91 Å². The molecule has 2 aromatic carbocycles. The number of amides is 1. The van der Waals surface area contributed by atoms with Gasteiger partial charge in [-0.1, -0.05) is 43.3 Å². The lowest BCUT2D eigenvalue weighted by molar-refractivity contribution is 0.0941. The van der Waals surface area contributed by atoms with Gasteiger partial charge in [0.05, 0.1) is 0 Å². The summed E-state index contributed by atoms with van der Waals surface area (Å²) in [6.45, 7) is 7.16. The minimum atomic E-state index is 0.0201. The quantitative estimate of drug-likeness (QED) is 0.819. The first kappa shape index (κ1) is 18.7. The second-order valence-corrected chi connectivity index (χ2v) is 7.27. The van der Waals surface area contributed by atoms with Crippen molar-refractivity contribution in [3.8, 4) is 0 Å². The lowest BCUT2D eigenvalue weighted by Crippen LogP contribution is -2.44. The average Bonchev–Trinajstić information content (AvgIpc) is 2.68. The number of fused-ring (bicyclic) bond motifs is 1. The number of benzene rings is 2. The van der Waals surface area contributed by atoms with Gasteiger partial charge in [-0.3, -0.25) is 9.69 Å². The second kappa shape index (κ2) is 9.00. The van der Waals surface area contributed by atoms with Crippen molar-refractivity contribution in [2.24, 2.45) is 0 Å². The minimum Gasteiger partial charge on any atom is -0.351 e. The summed E-state index contributed by atoms with van der Waals surface area (Å²) in [6.07, 6.45) is 4.65. The van der Waals surface area contributed by atoms with Gasteiger partial charge in [0, 0.05) is 24.7 Å². The Morgan fingerprint density at radius 1 is 1.12 bits per heavy atom. The predicted molar refractivity (Wildman–Crippen MR) is 108 cm³/mol. The summed E-state index contributed by atoms with van der Waals surface area (Å²) < 4.78 is 0. The zero-order valence-corrected chi connectivity index (χ0v) is 16.0.